The summed E-state index contributed by atoms with van der Waals surface area (Å²) in [4.78, 5) is 47.8. The van der Waals surface area contributed by atoms with E-state index in [0.29, 0.717) is 16.8 Å². The molecule has 0 spiro atoms. The van der Waals surface area contributed by atoms with E-state index >= 15 is 0 Å². The van der Waals surface area contributed by atoms with Gasteiger partial charge in [0.2, 0.25) is 0 Å². The first-order valence-corrected chi connectivity index (χ1v) is 8.78. The zero-order chi connectivity index (χ0) is 21.3. The lowest BCUT2D eigenvalue weighted by Gasteiger charge is -2.23. The Morgan fingerprint density at radius 2 is 1.93 bits per heavy atom. The third kappa shape index (κ3) is 3.51. The Morgan fingerprint density at radius 1 is 1.28 bits per heavy atom. The summed E-state index contributed by atoms with van der Waals surface area (Å²) in [5.41, 5.74) is 1.78. The second kappa shape index (κ2) is 7.66. The molecule has 3 rings (SSSR count). The Morgan fingerprint density at radius 3 is 2.52 bits per heavy atom. The number of non-ortho nitro benzene ring substituents is 1. The molecule has 0 atom stereocenters. The van der Waals surface area contributed by atoms with Gasteiger partial charge in [0.05, 0.1) is 23.3 Å². The summed E-state index contributed by atoms with van der Waals surface area (Å²) in [5.74, 6) is -1.77. The van der Waals surface area contributed by atoms with Crippen LogP contribution in [0.3, 0.4) is 0 Å². The Kier molecular flexibility index (Phi) is 5.26. The van der Waals surface area contributed by atoms with Crippen LogP contribution in [0, 0.1) is 24.0 Å². The van der Waals surface area contributed by atoms with E-state index < -0.39 is 22.7 Å². The molecule has 1 aromatic heterocycles. The number of ether oxygens (including phenoxy) is 1. The lowest BCUT2D eigenvalue weighted by Crippen LogP contribution is -2.42. The molecule has 1 aliphatic rings. The van der Waals surface area contributed by atoms with Gasteiger partial charge in [0.25, 0.3) is 17.5 Å². The topological polar surface area (TPSA) is 124 Å². The van der Waals surface area contributed by atoms with Crippen LogP contribution in [0.15, 0.2) is 29.4 Å². The van der Waals surface area contributed by atoms with Crippen LogP contribution in [0.2, 0.25) is 0 Å². The van der Waals surface area contributed by atoms with Gasteiger partial charge in [-0.15, -0.1) is 0 Å². The van der Waals surface area contributed by atoms with Gasteiger partial charge in [-0.25, -0.2) is 4.79 Å². The van der Waals surface area contributed by atoms with Gasteiger partial charge in [-0.1, -0.05) is 0 Å². The standard InChI is InChI=1S/C19H18N4O6/c1-4-29-19(26)16-11(2)17-18(25)22(15(24)10-21(17)12(16)3)20-9-13-5-7-14(8-6-13)23(27)28/h5-9H,4,10H2,1-3H3. The smallest absolute Gasteiger partial charge is 0.340 e. The summed E-state index contributed by atoms with van der Waals surface area (Å²) in [5, 5.41) is 15.4. The van der Waals surface area contributed by atoms with Gasteiger partial charge in [0.1, 0.15) is 12.2 Å². The maximum absolute atomic E-state index is 12.9. The number of amides is 2. The lowest BCUT2D eigenvalue weighted by molar-refractivity contribution is -0.384. The van der Waals surface area contributed by atoms with E-state index in [1.54, 1.807) is 20.8 Å². The molecule has 0 aliphatic carbocycles. The number of aromatic nitrogens is 1. The van der Waals surface area contributed by atoms with Crippen molar-refractivity contribution < 1.29 is 24.0 Å². The molecular formula is C19H18N4O6. The first-order chi connectivity index (χ1) is 13.8. The van der Waals surface area contributed by atoms with Crippen molar-refractivity contribution in [1.29, 1.82) is 0 Å². The van der Waals surface area contributed by atoms with E-state index in [2.05, 4.69) is 5.10 Å². The van der Waals surface area contributed by atoms with E-state index in [-0.39, 0.29) is 30.1 Å². The number of hydrazone groups is 1. The van der Waals surface area contributed by atoms with Crippen LogP contribution in [0.5, 0.6) is 0 Å². The zero-order valence-corrected chi connectivity index (χ0v) is 16.0. The molecule has 2 aromatic rings. The van der Waals surface area contributed by atoms with Crippen molar-refractivity contribution in [2.45, 2.75) is 27.3 Å². The van der Waals surface area contributed by atoms with Crippen LogP contribution in [0.4, 0.5) is 5.69 Å². The predicted octanol–water partition coefficient (Wildman–Crippen LogP) is 2.21. The summed E-state index contributed by atoms with van der Waals surface area (Å²) in [6, 6.07) is 5.51. The van der Waals surface area contributed by atoms with Crippen molar-refractivity contribution in [2.24, 2.45) is 5.10 Å². The molecule has 10 heteroatoms. The van der Waals surface area contributed by atoms with Crippen LogP contribution in [-0.4, -0.2) is 45.1 Å². The van der Waals surface area contributed by atoms with Crippen LogP contribution in [-0.2, 0) is 16.1 Å². The van der Waals surface area contributed by atoms with Gasteiger partial charge in [-0.05, 0) is 44.0 Å². The molecule has 0 N–H and O–H groups in total. The second-order valence-electron chi connectivity index (χ2n) is 6.34. The van der Waals surface area contributed by atoms with Crippen LogP contribution in [0.25, 0.3) is 0 Å². The average molecular weight is 398 g/mol. The highest BCUT2D eigenvalue weighted by Gasteiger charge is 2.37. The minimum Gasteiger partial charge on any atom is -0.462 e. The highest BCUT2D eigenvalue weighted by Crippen LogP contribution is 2.27. The third-order valence-electron chi connectivity index (χ3n) is 4.60. The number of esters is 1. The molecule has 0 bridgehead atoms. The summed E-state index contributed by atoms with van der Waals surface area (Å²) in [7, 11) is 0. The zero-order valence-electron chi connectivity index (χ0n) is 16.0. The van der Waals surface area contributed by atoms with Crippen LogP contribution in [0.1, 0.15) is 44.6 Å². The van der Waals surface area contributed by atoms with Gasteiger partial charge in [0, 0.05) is 17.8 Å². The molecule has 0 saturated carbocycles. The molecule has 2 amide bonds. The molecule has 0 fully saturated rings. The molecule has 2 heterocycles. The molecule has 0 unspecified atom stereocenters. The van der Waals surface area contributed by atoms with Gasteiger partial charge in [-0.2, -0.15) is 10.1 Å². The summed E-state index contributed by atoms with van der Waals surface area (Å²) in [6.45, 7) is 5.00. The Hall–Kier alpha value is -3.82. The first kappa shape index (κ1) is 19.9. The molecule has 0 saturated heterocycles. The number of nitro benzene ring substituents is 1. The number of carbonyl (C=O) groups excluding carboxylic acids is 3. The number of carbonyl (C=O) groups is 3. The minimum atomic E-state index is -0.657. The Labute approximate surface area is 165 Å². The maximum atomic E-state index is 12.9. The number of benzene rings is 1. The van der Waals surface area contributed by atoms with Gasteiger partial charge in [-0.3, -0.25) is 19.7 Å². The van der Waals surface area contributed by atoms with Crippen molar-refractivity contribution in [2.75, 3.05) is 6.61 Å². The fourth-order valence-corrected chi connectivity index (χ4v) is 3.21. The monoisotopic (exact) mass is 398 g/mol. The number of nitro groups is 1. The highest BCUT2D eigenvalue weighted by atomic mass is 16.6. The van der Waals surface area contributed by atoms with E-state index in [0.717, 1.165) is 5.01 Å². The largest absolute Gasteiger partial charge is 0.462 e. The van der Waals surface area contributed by atoms with E-state index in [1.165, 1.54) is 35.0 Å². The normalized spacial score (nSPS) is 13.7. The number of hydrogen-bond acceptors (Lipinski definition) is 7. The first-order valence-electron chi connectivity index (χ1n) is 8.78. The van der Waals surface area contributed by atoms with E-state index in [1.807, 2.05) is 0 Å². The van der Waals surface area contributed by atoms with Crippen molar-refractivity contribution in [3.05, 3.63) is 62.5 Å². The van der Waals surface area contributed by atoms with Gasteiger partial charge >= 0.3 is 5.97 Å². The summed E-state index contributed by atoms with van der Waals surface area (Å²) in [6.07, 6.45) is 1.27. The number of nitrogens with zero attached hydrogens (tertiary/aromatic N) is 4. The highest BCUT2D eigenvalue weighted by molar-refractivity contribution is 6.09. The third-order valence-corrected chi connectivity index (χ3v) is 4.60. The molecular weight excluding hydrogens is 380 g/mol. The van der Waals surface area contributed by atoms with Crippen molar-refractivity contribution in [3.63, 3.8) is 0 Å². The quantitative estimate of drug-likeness (QED) is 0.250. The van der Waals surface area contributed by atoms with Crippen LogP contribution >= 0.6 is 0 Å². The van der Waals surface area contributed by atoms with Crippen molar-refractivity contribution in [1.82, 2.24) is 9.58 Å². The average Bonchev–Trinajstić information content (AvgIpc) is 2.92. The molecule has 1 aliphatic heterocycles. The molecule has 10 nitrogen and oxygen atoms in total. The fourth-order valence-electron chi connectivity index (χ4n) is 3.21. The van der Waals surface area contributed by atoms with Gasteiger partial charge < -0.3 is 9.30 Å². The van der Waals surface area contributed by atoms with Crippen molar-refractivity contribution in [3.8, 4) is 0 Å². The number of fused-ring (bicyclic) bond motifs is 1. The van der Waals surface area contributed by atoms with Crippen molar-refractivity contribution >= 4 is 29.7 Å². The van der Waals surface area contributed by atoms with Gasteiger partial charge in [0.15, 0.2) is 0 Å². The molecule has 29 heavy (non-hydrogen) atoms. The molecule has 150 valence electrons. The predicted molar refractivity (Wildman–Crippen MR) is 102 cm³/mol. The Bertz CT molecular complexity index is 1050. The number of imide groups is 1. The van der Waals surface area contributed by atoms with Crippen LogP contribution < -0.4 is 0 Å². The Balaban J connectivity index is 1.92. The number of rotatable bonds is 5. The SMILES string of the molecule is CCOC(=O)c1c(C)c2n(c1C)CC(=O)N(N=Cc1ccc([N+](=O)[O-])cc1)C2=O. The maximum Gasteiger partial charge on any atom is 0.340 e. The fraction of sp³-hybridized carbons (Fsp3) is 0.263. The summed E-state index contributed by atoms with van der Waals surface area (Å²) >= 11 is 0. The molecule has 1 aromatic carbocycles. The lowest BCUT2D eigenvalue weighted by atomic mass is 10.1. The summed E-state index contributed by atoms with van der Waals surface area (Å²) < 4.78 is 6.54. The van der Waals surface area contributed by atoms with E-state index in [9.17, 15) is 24.5 Å². The molecule has 0 radical (unpaired) electrons. The van der Waals surface area contributed by atoms with E-state index in [4.69, 9.17) is 4.74 Å². The minimum absolute atomic E-state index is 0.0808. The number of hydrogen-bond donors (Lipinski definition) is 0. The second-order valence-corrected chi connectivity index (χ2v) is 6.34.